The van der Waals surface area contributed by atoms with Crippen molar-refractivity contribution in [1.82, 2.24) is 0 Å². The van der Waals surface area contributed by atoms with E-state index in [-0.39, 0.29) is 22.7 Å². The van der Waals surface area contributed by atoms with E-state index in [4.69, 9.17) is 0 Å². The van der Waals surface area contributed by atoms with Crippen molar-refractivity contribution in [2.75, 3.05) is 0 Å². The minimum Gasteiger partial charge on any atom is -1.00 e. The molecule has 6 heteroatoms. The summed E-state index contributed by atoms with van der Waals surface area (Å²) in [5, 5.41) is 20.5. The fourth-order valence-corrected chi connectivity index (χ4v) is 1.68. The molecule has 1 aromatic heterocycles. The van der Waals surface area contributed by atoms with E-state index in [2.05, 4.69) is 0 Å². The van der Waals surface area contributed by atoms with Gasteiger partial charge in [-0.05, 0) is 17.7 Å². The van der Waals surface area contributed by atoms with Gasteiger partial charge in [-0.15, -0.1) is 0 Å². The van der Waals surface area contributed by atoms with Gasteiger partial charge in [-0.25, -0.2) is 4.57 Å². The van der Waals surface area contributed by atoms with E-state index in [1.165, 1.54) is 12.1 Å². The van der Waals surface area contributed by atoms with E-state index in [0.717, 1.165) is 0 Å². The van der Waals surface area contributed by atoms with Crippen LogP contribution in [0.2, 0.25) is 0 Å². The molecule has 0 amide bonds. The zero-order chi connectivity index (χ0) is 13.0. The van der Waals surface area contributed by atoms with Crippen LogP contribution in [-0.4, -0.2) is 10.0 Å². The lowest BCUT2D eigenvalue weighted by atomic mass is 10.1. The van der Waals surface area contributed by atoms with Gasteiger partial charge >= 0.3 is 0 Å². The molecule has 1 unspecified atom stereocenters. The minimum absolute atomic E-state index is 0. The molecule has 0 bridgehead atoms. The molecule has 0 radical (unpaired) electrons. The number of hydrogen-bond acceptors (Lipinski definition) is 3. The van der Waals surface area contributed by atoms with Crippen LogP contribution in [0.1, 0.15) is 11.7 Å². The van der Waals surface area contributed by atoms with Gasteiger partial charge in [0, 0.05) is 24.3 Å². The van der Waals surface area contributed by atoms with Crippen LogP contribution in [-0.2, 0) is 6.54 Å². The van der Waals surface area contributed by atoms with Gasteiger partial charge in [0.25, 0.3) is 5.69 Å². The molecule has 100 valence electrons. The molecule has 1 aromatic carbocycles. The predicted molar refractivity (Wildman–Crippen MR) is 64.7 cm³/mol. The highest BCUT2D eigenvalue weighted by Gasteiger charge is 2.14. The summed E-state index contributed by atoms with van der Waals surface area (Å²) in [6, 6.07) is 11.6. The van der Waals surface area contributed by atoms with Crippen LogP contribution in [0.25, 0.3) is 0 Å². The average molecular weight is 325 g/mol. The van der Waals surface area contributed by atoms with E-state index in [1.54, 1.807) is 12.1 Å². The first-order valence-electron chi connectivity index (χ1n) is 5.53. The number of pyridine rings is 1. The third-order valence-corrected chi connectivity index (χ3v) is 2.65. The number of nitro groups is 1. The molecule has 0 saturated heterocycles. The summed E-state index contributed by atoms with van der Waals surface area (Å²) >= 11 is 0. The molecule has 19 heavy (non-hydrogen) atoms. The van der Waals surface area contributed by atoms with E-state index in [0.29, 0.717) is 12.1 Å². The highest BCUT2D eigenvalue weighted by atomic mass is 79.9. The number of nitrogens with zero attached hydrogens (tertiary/aromatic N) is 2. The van der Waals surface area contributed by atoms with Crippen molar-refractivity contribution in [2.45, 2.75) is 12.6 Å². The molecule has 1 heterocycles. The average Bonchev–Trinajstić information content (AvgIpc) is 2.40. The zero-order valence-corrected chi connectivity index (χ0v) is 11.6. The summed E-state index contributed by atoms with van der Waals surface area (Å²) < 4.78 is 1.85. The monoisotopic (exact) mass is 324 g/mol. The zero-order valence-electron chi connectivity index (χ0n) is 10.0. The van der Waals surface area contributed by atoms with Crippen LogP contribution in [0.5, 0.6) is 0 Å². The Morgan fingerprint density at radius 3 is 2.26 bits per heavy atom. The predicted octanol–water partition coefficient (Wildman–Crippen LogP) is -1.38. The van der Waals surface area contributed by atoms with Gasteiger partial charge in [0.05, 0.1) is 4.92 Å². The van der Waals surface area contributed by atoms with Gasteiger partial charge in [-0.1, -0.05) is 6.07 Å². The fourth-order valence-electron chi connectivity index (χ4n) is 1.68. The molecule has 0 spiro atoms. The normalized spacial score (nSPS) is 11.4. The van der Waals surface area contributed by atoms with E-state index in [1.807, 2.05) is 35.2 Å². The SMILES string of the molecule is O=[N+]([O-])c1ccc(C(O)C[n+]2ccccc2)cc1.[Br-]. The van der Waals surface area contributed by atoms with Crippen molar-refractivity contribution in [3.8, 4) is 0 Å². The van der Waals surface area contributed by atoms with E-state index in [9.17, 15) is 15.2 Å². The third kappa shape index (κ3) is 4.11. The molecule has 2 aromatic rings. The molecular weight excluding hydrogens is 312 g/mol. The largest absolute Gasteiger partial charge is 1.00 e. The molecule has 2 rings (SSSR count). The van der Waals surface area contributed by atoms with Gasteiger partial charge in [0.1, 0.15) is 6.10 Å². The van der Waals surface area contributed by atoms with Crippen molar-refractivity contribution < 1.29 is 31.6 Å². The fraction of sp³-hybridized carbons (Fsp3) is 0.154. The lowest BCUT2D eigenvalue weighted by molar-refractivity contribution is -0.704. The quantitative estimate of drug-likeness (QED) is 0.428. The molecule has 0 saturated carbocycles. The lowest BCUT2D eigenvalue weighted by Crippen LogP contribution is -3.00. The van der Waals surface area contributed by atoms with Crippen LogP contribution in [0.15, 0.2) is 54.9 Å². The Bertz CT molecular complexity index is 531. The van der Waals surface area contributed by atoms with Crippen LogP contribution < -0.4 is 21.5 Å². The number of aliphatic hydroxyl groups excluding tert-OH is 1. The Kier molecular flexibility index (Phi) is 5.59. The number of aliphatic hydroxyl groups is 1. The number of non-ortho nitro benzene ring substituents is 1. The summed E-state index contributed by atoms with van der Waals surface area (Å²) in [5.41, 5.74) is 0.690. The van der Waals surface area contributed by atoms with Crippen LogP contribution in [0.4, 0.5) is 5.69 Å². The second-order valence-corrected chi connectivity index (χ2v) is 3.94. The maximum Gasteiger partial charge on any atom is 0.269 e. The Morgan fingerprint density at radius 2 is 1.74 bits per heavy atom. The number of halogens is 1. The molecule has 0 aliphatic carbocycles. The van der Waals surface area contributed by atoms with Crippen molar-refractivity contribution in [1.29, 1.82) is 0 Å². The Balaban J connectivity index is 0.00000180. The molecular formula is C13H13BrN2O3. The van der Waals surface area contributed by atoms with Crippen LogP contribution in [0, 0.1) is 10.1 Å². The van der Waals surface area contributed by atoms with Crippen molar-refractivity contribution in [3.05, 3.63) is 70.5 Å². The van der Waals surface area contributed by atoms with Gasteiger partial charge in [0.15, 0.2) is 18.9 Å². The molecule has 0 aliphatic heterocycles. The topological polar surface area (TPSA) is 67.2 Å². The number of benzene rings is 1. The lowest BCUT2D eigenvalue weighted by Gasteiger charge is -2.07. The summed E-state index contributed by atoms with van der Waals surface area (Å²) in [6.45, 7) is 0.415. The van der Waals surface area contributed by atoms with Gasteiger partial charge in [-0.2, -0.15) is 0 Å². The molecule has 5 nitrogen and oxygen atoms in total. The van der Waals surface area contributed by atoms with Crippen LogP contribution in [0.3, 0.4) is 0 Å². The molecule has 0 aliphatic rings. The Hall–Kier alpha value is -1.79. The second-order valence-electron chi connectivity index (χ2n) is 3.94. The van der Waals surface area contributed by atoms with E-state index >= 15 is 0 Å². The third-order valence-electron chi connectivity index (χ3n) is 2.65. The summed E-state index contributed by atoms with van der Waals surface area (Å²) in [4.78, 5) is 10.1. The Labute approximate surface area is 121 Å². The molecule has 1 N–H and O–H groups in total. The van der Waals surface area contributed by atoms with Crippen molar-refractivity contribution in [2.24, 2.45) is 0 Å². The first-order chi connectivity index (χ1) is 8.66. The maximum atomic E-state index is 10.5. The maximum absolute atomic E-state index is 10.5. The van der Waals surface area contributed by atoms with Gasteiger partial charge < -0.3 is 22.1 Å². The summed E-state index contributed by atoms with van der Waals surface area (Å²) in [7, 11) is 0. The first kappa shape index (κ1) is 15.3. The van der Waals surface area contributed by atoms with Gasteiger partial charge in [0.2, 0.25) is 0 Å². The highest BCUT2D eigenvalue weighted by Crippen LogP contribution is 2.17. The van der Waals surface area contributed by atoms with Crippen LogP contribution >= 0.6 is 0 Å². The number of rotatable bonds is 4. The minimum atomic E-state index is -0.682. The smallest absolute Gasteiger partial charge is 0.269 e. The number of hydrogen-bond donors (Lipinski definition) is 1. The summed E-state index contributed by atoms with van der Waals surface area (Å²) in [6.07, 6.45) is 3.03. The number of nitro benzene ring substituents is 1. The van der Waals surface area contributed by atoms with Crippen molar-refractivity contribution >= 4 is 5.69 Å². The molecule has 1 atom stereocenters. The Morgan fingerprint density at radius 1 is 1.16 bits per heavy atom. The number of aromatic nitrogens is 1. The molecule has 0 fully saturated rings. The second kappa shape index (κ2) is 6.96. The van der Waals surface area contributed by atoms with E-state index < -0.39 is 11.0 Å². The standard InChI is InChI=1S/C13H13N2O3.BrH/c16-13(10-14-8-2-1-3-9-14)11-4-6-12(7-5-11)15(17)18;/h1-9,13,16H,10H2;1H/q+1;/p-1. The first-order valence-corrected chi connectivity index (χ1v) is 5.53. The summed E-state index contributed by atoms with van der Waals surface area (Å²) in [5.74, 6) is 0. The highest BCUT2D eigenvalue weighted by molar-refractivity contribution is 5.33. The van der Waals surface area contributed by atoms with Gasteiger partial charge in [-0.3, -0.25) is 10.1 Å². The van der Waals surface area contributed by atoms with Crippen molar-refractivity contribution in [3.63, 3.8) is 0 Å².